The number of benzene rings is 1. The van der Waals surface area contributed by atoms with Crippen LogP contribution in [-0.2, 0) is 11.3 Å². The number of aromatic nitrogens is 2. The second kappa shape index (κ2) is 6.79. The predicted octanol–water partition coefficient (Wildman–Crippen LogP) is 2.63. The number of likely N-dealkylation sites (tertiary alicyclic amines) is 1. The summed E-state index contributed by atoms with van der Waals surface area (Å²) in [5, 5.41) is 16.0. The summed E-state index contributed by atoms with van der Waals surface area (Å²) in [6.07, 6.45) is 0.970. The molecule has 0 saturated carbocycles. The highest BCUT2D eigenvalue weighted by Gasteiger charge is 2.43. The molecule has 1 fully saturated rings. The van der Waals surface area contributed by atoms with E-state index in [4.69, 9.17) is 9.84 Å². The van der Waals surface area contributed by atoms with E-state index in [9.17, 15) is 13.6 Å². The molecule has 0 amide bonds. The van der Waals surface area contributed by atoms with Gasteiger partial charge in [0.25, 0.3) is 5.92 Å². The lowest BCUT2D eigenvalue weighted by molar-refractivity contribution is -0.153. The number of nitrogens with one attached hydrogen (secondary N) is 1. The van der Waals surface area contributed by atoms with Crippen molar-refractivity contribution in [2.75, 3.05) is 20.2 Å². The lowest BCUT2D eigenvalue weighted by Crippen LogP contribution is -2.48. The number of halogens is 2. The summed E-state index contributed by atoms with van der Waals surface area (Å²) >= 11 is 0. The number of hydrogen-bond donors (Lipinski definition) is 2. The minimum atomic E-state index is -3.01. The summed E-state index contributed by atoms with van der Waals surface area (Å²) in [4.78, 5) is 12.6. The quantitative estimate of drug-likeness (QED) is 0.866. The number of alkyl halides is 2. The molecule has 1 unspecified atom stereocenters. The van der Waals surface area contributed by atoms with Crippen molar-refractivity contribution in [3.05, 3.63) is 36.0 Å². The smallest absolute Gasteiger partial charge is 0.308 e. The topological polar surface area (TPSA) is 78.5 Å². The van der Waals surface area contributed by atoms with Gasteiger partial charge in [-0.05, 0) is 24.3 Å². The van der Waals surface area contributed by atoms with Crippen molar-refractivity contribution in [1.82, 2.24) is 15.1 Å². The van der Waals surface area contributed by atoms with Crippen molar-refractivity contribution >= 4 is 5.97 Å². The van der Waals surface area contributed by atoms with E-state index in [-0.39, 0.29) is 13.1 Å². The van der Waals surface area contributed by atoms with Gasteiger partial charge in [-0.15, -0.1) is 0 Å². The normalized spacial score (nSPS) is 20.4. The minimum absolute atomic E-state index is 0.0954. The van der Waals surface area contributed by atoms with E-state index in [2.05, 4.69) is 10.2 Å². The lowest BCUT2D eigenvalue weighted by atomic mass is 9.94. The molecule has 2 heterocycles. The first-order chi connectivity index (χ1) is 11.9. The van der Waals surface area contributed by atoms with Crippen LogP contribution in [0.5, 0.6) is 5.75 Å². The van der Waals surface area contributed by atoms with E-state index in [1.807, 2.05) is 12.1 Å². The molecule has 1 aromatic carbocycles. The van der Waals surface area contributed by atoms with Gasteiger partial charge in [0, 0.05) is 30.6 Å². The third-order valence-electron chi connectivity index (χ3n) is 4.32. The molecule has 6 nitrogen and oxygen atoms in total. The zero-order valence-electron chi connectivity index (χ0n) is 13.7. The van der Waals surface area contributed by atoms with Gasteiger partial charge in [0.1, 0.15) is 5.75 Å². The fourth-order valence-corrected chi connectivity index (χ4v) is 3.16. The average molecular weight is 351 g/mol. The van der Waals surface area contributed by atoms with Crippen molar-refractivity contribution in [3.63, 3.8) is 0 Å². The van der Waals surface area contributed by atoms with E-state index >= 15 is 0 Å². The van der Waals surface area contributed by atoms with Gasteiger partial charge in [-0.25, -0.2) is 8.78 Å². The molecule has 1 saturated heterocycles. The molecule has 0 bridgehead atoms. The van der Waals surface area contributed by atoms with Crippen molar-refractivity contribution in [2.45, 2.75) is 18.9 Å². The Morgan fingerprint density at radius 2 is 2.16 bits per heavy atom. The fraction of sp³-hybridized carbons (Fsp3) is 0.412. The van der Waals surface area contributed by atoms with Crippen molar-refractivity contribution < 1.29 is 23.4 Å². The second-order valence-electron chi connectivity index (χ2n) is 6.26. The van der Waals surface area contributed by atoms with Crippen molar-refractivity contribution in [2.24, 2.45) is 5.92 Å². The Bertz CT molecular complexity index is 746. The van der Waals surface area contributed by atoms with Crippen LogP contribution >= 0.6 is 0 Å². The van der Waals surface area contributed by atoms with Crippen LogP contribution in [0.1, 0.15) is 12.0 Å². The van der Waals surface area contributed by atoms with Crippen LogP contribution in [0.2, 0.25) is 0 Å². The summed E-state index contributed by atoms with van der Waals surface area (Å²) in [5.74, 6) is -4.55. The Hall–Kier alpha value is -2.48. The molecule has 0 spiro atoms. The van der Waals surface area contributed by atoms with Gasteiger partial charge >= 0.3 is 5.97 Å². The number of nitrogens with zero attached hydrogens (tertiary/aromatic N) is 2. The molecule has 8 heteroatoms. The maximum absolute atomic E-state index is 13.9. The molecule has 1 aliphatic heterocycles. The van der Waals surface area contributed by atoms with Crippen LogP contribution < -0.4 is 4.74 Å². The Morgan fingerprint density at radius 1 is 1.44 bits per heavy atom. The SMILES string of the molecule is COc1ccc(-c2[nH]ncc2CN2CC(C(=O)O)CC(F)(F)C2)cc1. The molecule has 1 aromatic heterocycles. The number of hydrogen-bond acceptors (Lipinski definition) is 4. The number of aliphatic carboxylic acids is 1. The molecular formula is C17H19F2N3O3. The maximum Gasteiger partial charge on any atom is 0.308 e. The highest BCUT2D eigenvalue weighted by molar-refractivity contribution is 5.70. The first kappa shape index (κ1) is 17.3. The molecular weight excluding hydrogens is 332 g/mol. The number of aromatic amines is 1. The van der Waals surface area contributed by atoms with E-state index in [1.165, 1.54) is 4.90 Å². The molecule has 25 heavy (non-hydrogen) atoms. The van der Waals surface area contributed by atoms with Crippen LogP contribution in [0, 0.1) is 5.92 Å². The molecule has 2 N–H and O–H groups in total. The minimum Gasteiger partial charge on any atom is -0.497 e. The molecule has 134 valence electrons. The number of rotatable bonds is 5. The maximum atomic E-state index is 13.9. The number of carbonyl (C=O) groups is 1. The summed E-state index contributed by atoms with van der Waals surface area (Å²) in [6.45, 7) is -0.153. The third-order valence-corrected chi connectivity index (χ3v) is 4.32. The van der Waals surface area contributed by atoms with Gasteiger partial charge < -0.3 is 9.84 Å². The third kappa shape index (κ3) is 3.96. The summed E-state index contributed by atoms with van der Waals surface area (Å²) < 4.78 is 32.8. The van der Waals surface area contributed by atoms with Crippen molar-refractivity contribution in [1.29, 1.82) is 0 Å². The average Bonchev–Trinajstić information content (AvgIpc) is 3.01. The first-order valence-corrected chi connectivity index (χ1v) is 7.87. The molecule has 0 radical (unpaired) electrons. The number of ether oxygens (including phenoxy) is 1. The molecule has 2 aromatic rings. The van der Waals surface area contributed by atoms with Crippen LogP contribution in [0.3, 0.4) is 0 Å². The molecule has 0 aliphatic carbocycles. The van der Waals surface area contributed by atoms with Gasteiger partial charge in [-0.3, -0.25) is 14.8 Å². The summed E-state index contributed by atoms with van der Waals surface area (Å²) in [5.41, 5.74) is 2.32. The number of piperidine rings is 1. The van der Waals surface area contributed by atoms with Crippen LogP contribution in [0.25, 0.3) is 11.3 Å². The second-order valence-corrected chi connectivity index (χ2v) is 6.26. The highest BCUT2D eigenvalue weighted by Crippen LogP contribution is 2.32. The van der Waals surface area contributed by atoms with Gasteiger partial charge in [0.15, 0.2) is 0 Å². The van der Waals surface area contributed by atoms with Crippen molar-refractivity contribution in [3.8, 4) is 17.0 Å². The van der Waals surface area contributed by atoms with E-state index in [0.29, 0.717) is 5.75 Å². The van der Waals surface area contributed by atoms with Gasteiger partial charge in [-0.1, -0.05) is 0 Å². The molecule has 3 rings (SSSR count). The number of carboxylic acid groups (broad SMARTS) is 1. The van der Waals surface area contributed by atoms with Crippen LogP contribution in [0.15, 0.2) is 30.5 Å². The first-order valence-electron chi connectivity index (χ1n) is 7.87. The van der Waals surface area contributed by atoms with E-state index in [1.54, 1.807) is 25.4 Å². The predicted molar refractivity (Wildman–Crippen MR) is 86.5 cm³/mol. The Kier molecular flexibility index (Phi) is 4.71. The van der Waals surface area contributed by atoms with Gasteiger partial charge in [-0.2, -0.15) is 5.10 Å². The molecule has 1 atom stereocenters. The Balaban J connectivity index is 1.79. The number of methoxy groups -OCH3 is 1. The van der Waals surface area contributed by atoms with Gasteiger partial charge in [0.05, 0.1) is 31.5 Å². The van der Waals surface area contributed by atoms with Crippen LogP contribution in [-0.4, -0.2) is 52.3 Å². The Morgan fingerprint density at radius 3 is 2.80 bits per heavy atom. The number of H-pyrrole nitrogens is 1. The largest absolute Gasteiger partial charge is 0.497 e. The zero-order chi connectivity index (χ0) is 18.0. The van der Waals surface area contributed by atoms with E-state index < -0.39 is 30.8 Å². The summed E-state index contributed by atoms with van der Waals surface area (Å²) in [6, 6.07) is 7.30. The standard InChI is InChI=1S/C17H19F2N3O3/c1-25-14-4-2-11(3-5-14)15-13(7-20-21-15)9-22-8-12(16(23)24)6-17(18,19)10-22/h2-5,7,12H,6,8-10H2,1H3,(H,20,21)(H,23,24). The monoisotopic (exact) mass is 351 g/mol. The molecule has 1 aliphatic rings. The number of carboxylic acids is 1. The van der Waals surface area contributed by atoms with Gasteiger partial charge in [0.2, 0.25) is 0 Å². The highest BCUT2D eigenvalue weighted by atomic mass is 19.3. The zero-order valence-corrected chi connectivity index (χ0v) is 13.7. The summed E-state index contributed by atoms with van der Waals surface area (Å²) in [7, 11) is 1.58. The van der Waals surface area contributed by atoms with Crippen LogP contribution in [0.4, 0.5) is 8.78 Å². The lowest BCUT2D eigenvalue weighted by Gasteiger charge is -2.35. The fourth-order valence-electron chi connectivity index (χ4n) is 3.16. The van der Waals surface area contributed by atoms with E-state index in [0.717, 1.165) is 16.8 Å². The Labute approximate surface area is 143 Å².